The Morgan fingerprint density at radius 3 is 2.96 bits per heavy atom. The molecule has 5 heteroatoms. The zero-order valence-corrected chi connectivity index (χ0v) is 13.6. The summed E-state index contributed by atoms with van der Waals surface area (Å²) in [6.07, 6.45) is 3.06. The van der Waals surface area contributed by atoms with Gasteiger partial charge < -0.3 is 14.4 Å². The lowest BCUT2D eigenvalue weighted by molar-refractivity contribution is -0.135. The van der Waals surface area contributed by atoms with Crippen molar-refractivity contribution < 1.29 is 18.7 Å². The second-order valence-electron chi connectivity index (χ2n) is 6.26. The maximum absolute atomic E-state index is 14.1. The summed E-state index contributed by atoms with van der Waals surface area (Å²) in [5.74, 6) is -0.176. The Morgan fingerprint density at radius 2 is 2.17 bits per heavy atom. The van der Waals surface area contributed by atoms with Crippen molar-refractivity contribution in [2.45, 2.75) is 44.8 Å². The molecular formula is C18H24FNO3. The number of fused-ring (bicyclic) bond motifs is 1. The molecule has 1 fully saturated rings. The zero-order valence-electron chi connectivity index (χ0n) is 13.6. The summed E-state index contributed by atoms with van der Waals surface area (Å²) in [5, 5.41) is 0. The third-order valence-electron chi connectivity index (χ3n) is 4.81. The van der Waals surface area contributed by atoms with Crippen LogP contribution in [0.3, 0.4) is 0 Å². The smallest absolute Gasteiger partial charge is 0.225 e. The summed E-state index contributed by atoms with van der Waals surface area (Å²) in [7, 11) is 0. The lowest BCUT2D eigenvalue weighted by Crippen LogP contribution is -2.40. The van der Waals surface area contributed by atoms with E-state index < -0.39 is 0 Å². The van der Waals surface area contributed by atoms with E-state index in [1.54, 1.807) is 11.0 Å². The molecule has 23 heavy (non-hydrogen) atoms. The molecule has 2 heterocycles. The second kappa shape index (κ2) is 7.41. The molecule has 1 aromatic rings. The molecule has 2 aliphatic rings. The number of carbonyl (C=O) groups excluding carboxylic acids is 1. The first-order chi connectivity index (χ1) is 11.2. The molecule has 0 spiro atoms. The van der Waals surface area contributed by atoms with E-state index in [0.29, 0.717) is 31.6 Å². The van der Waals surface area contributed by atoms with Gasteiger partial charge >= 0.3 is 0 Å². The van der Waals surface area contributed by atoms with Crippen molar-refractivity contribution in [1.82, 2.24) is 4.90 Å². The maximum Gasteiger partial charge on any atom is 0.225 e. The van der Waals surface area contributed by atoms with Crippen molar-refractivity contribution in [2.24, 2.45) is 0 Å². The Bertz CT molecular complexity index is 557. The average Bonchev–Trinajstić information content (AvgIpc) is 2.56. The van der Waals surface area contributed by atoms with Crippen LogP contribution < -0.4 is 0 Å². The summed E-state index contributed by atoms with van der Waals surface area (Å²) < 4.78 is 25.1. The first-order valence-electron chi connectivity index (χ1n) is 8.43. The van der Waals surface area contributed by atoms with E-state index in [4.69, 9.17) is 9.47 Å². The number of rotatable bonds is 4. The second-order valence-corrected chi connectivity index (χ2v) is 6.26. The van der Waals surface area contributed by atoms with Gasteiger partial charge in [0.05, 0.1) is 25.2 Å². The van der Waals surface area contributed by atoms with Gasteiger partial charge in [-0.15, -0.1) is 0 Å². The van der Waals surface area contributed by atoms with Crippen LogP contribution in [0.15, 0.2) is 18.2 Å². The van der Waals surface area contributed by atoms with E-state index in [1.807, 2.05) is 13.0 Å². The van der Waals surface area contributed by atoms with Gasteiger partial charge in [0.25, 0.3) is 0 Å². The number of ether oxygens (including phenoxy) is 2. The molecule has 2 aliphatic heterocycles. The number of nitrogens with zero attached hydrogens (tertiary/aromatic N) is 1. The van der Waals surface area contributed by atoms with E-state index in [-0.39, 0.29) is 23.9 Å². The number of amides is 1. The number of carbonyl (C=O) groups is 1. The highest BCUT2D eigenvalue weighted by atomic mass is 19.1. The van der Waals surface area contributed by atoms with Crippen LogP contribution in [0, 0.1) is 5.82 Å². The molecule has 0 radical (unpaired) electrons. The van der Waals surface area contributed by atoms with Crippen molar-refractivity contribution in [3.05, 3.63) is 35.1 Å². The lowest BCUT2D eigenvalue weighted by Gasteiger charge is -2.35. The zero-order chi connectivity index (χ0) is 16.2. The van der Waals surface area contributed by atoms with Gasteiger partial charge in [-0.25, -0.2) is 4.39 Å². The predicted molar refractivity (Wildman–Crippen MR) is 84.6 cm³/mol. The molecule has 3 rings (SSSR count). The quantitative estimate of drug-likeness (QED) is 0.856. The average molecular weight is 321 g/mol. The summed E-state index contributed by atoms with van der Waals surface area (Å²) in [5.41, 5.74) is 1.68. The van der Waals surface area contributed by atoms with Crippen LogP contribution >= 0.6 is 0 Å². The molecule has 0 aliphatic carbocycles. The van der Waals surface area contributed by atoms with Crippen LogP contribution in [0.1, 0.15) is 43.4 Å². The largest absolute Gasteiger partial charge is 0.381 e. The molecule has 1 atom stereocenters. The minimum absolute atomic E-state index is 0.0402. The van der Waals surface area contributed by atoms with Crippen molar-refractivity contribution >= 4 is 5.91 Å². The fourth-order valence-corrected chi connectivity index (χ4v) is 3.50. The van der Waals surface area contributed by atoms with Crippen LogP contribution in [0.25, 0.3) is 0 Å². The number of hydrogen-bond donors (Lipinski definition) is 0. The summed E-state index contributed by atoms with van der Waals surface area (Å²) in [6, 6.07) is 4.94. The Kier molecular flexibility index (Phi) is 5.28. The lowest BCUT2D eigenvalue weighted by atomic mass is 9.93. The normalized spacial score (nSPS) is 22.0. The first-order valence-corrected chi connectivity index (χ1v) is 8.43. The first kappa shape index (κ1) is 16.4. The number of hydrogen-bond acceptors (Lipinski definition) is 3. The monoisotopic (exact) mass is 321 g/mol. The van der Waals surface area contributed by atoms with Crippen LogP contribution in [0.5, 0.6) is 0 Å². The van der Waals surface area contributed by atoms with E-state index in [0.717, 1.165) is 31.6 Å². The highest BCUT2D eigenvalue weighted by Crippen LogP contribution is 2.31. The molecule has 4 nitrogen and oxygen atoms in total. The Morgan fingerprint density at radius 1 is 1.39 bits per heavy atom. The Labute approximate surface area is 136 Å². The van der Waals surface area contributed by atoms with Crippen LogP contribution in [0.4, 0.5) is 4.39 Å². The van der Waals surface area contributed by atoms with Gasteiger partial charge in [0, 0.05) is 25.3 Å². The van der Waals surface area contributed by atoms with Gasteiger partial charge in [-0.2, -0.15) is 0 Å². The van der Waals surface area contributed by atoms with Gasteiger partial charge in [-0.05, 0) is 37.8 Å². The minimum atomic E-state index is -0.217. The third kappa shape index (κ3) is 3.72. The topological polar surface area (TPSA) is 38.8 Å². The van der Waals surface area contributed by atoms with Crippen molar-refractivity contribution in [1.29, 1.82) is 0 Å². The van der Waals surface area contributed by atoms with E-state index in [2.05, 4.69) is 0 Å². The molecule has 1 aromatic carbocycles. The summed E-state index contributed by atoms with van der Waals surface area (Å²) in [6.45, 7) is 4.44. The molecular weight excluding hydrogens is 297 g/mol. The molecule has 0 N–H and O–H groups in total. The van der Waals surface area contributed by atoms with E-state index in [1.165, 1.54) is 6.07 Å². The fraction of sp³-hybridized carbons (Fsp3) is 0.611. The number of benzene rings is 1. The standard InChI is InChI=1S/C18H24FNO3/c1-13-18-14(3-2-4-16(18)19)5-9-20(13)17(21)8-12-23-15-6-10-22-11-7-15/h2-4,13,15H,5-12H2,1H3/t13-/m0/s1. The predicted octanol–water partition coefficient (Wildman–Crippen LogP) is 2.86. The summed E-state index contributed by atoms with van der Waals surface area (Å²) >= 11 is 0. The third-order valence-corrected chi connectivity index (χ3v) is 4.81. The van der Waals surface area contributed by atoms with Crippen molar-refractivity contribution in [2.75, 3.05) is 26.4 Å². The van der Waals surface area contributed by atoms with Crippen LogP contribution in [-0.2, 0) is 20.7 Å². The van der Waals surface area contributed by atoms with E-state index >= 15 is 0 Å². The van der Waals surface area contributed by atoms with Gasteiger partial charge in [-0.1, -0.05) is 12.1 Å². The fourth-order valence-electron chi connectivity index (χ4n) is 3.50. The molecule has 0 bridgehead atoms. The number of halogens is 1. The van der Waals surface area contributed by atoms with Gasteiger partial charge in [0.15, 0.2) is 0 Å². The maximum atomic E-state index is 14.1. The SMILES string of the molecule is C[C@H]1c2c(F)cccc2CCN1C(=O)CCOC1CCOCC1. The van der Waals surface area contributed by atoms with Gasteiger partial charge in [-0.3, -0.25) is 4.79 Å². The highest BCUT2D eigenvalue weighted by molar-refractivity contribution is 5.77. The Hall–Kier alpha value is -1.46. The molecule has 126 valence electrons. The minimum Gasteiger partial charge on any atom is -0.381 e. The van der Waals surface area contributed by atoms with Crippen molar-refractivity contribution in [3.63, 3.8) is 0 Å². The molecule has 0 saturated carbocycles. The molecule has 0 aromatic heterocycles. The van der Waals surface area contributed by atoms with E-state index in [9.17, 15) is 9.18 Å². The van der Waals surface area contributed by atoms with Crippen LogP contribution in [-0.4, -0.2) is 43.3 Å². The Balaban J connectivity index is 1.55. The molecule has 1 saturated heterocycles. The van der Waals surface area contributed by atoms with Crippen molar-refractivity contribution in [3.8, 4) is 0 Å². The van der Waals surface area contributed by atoms with Gasteiger partial charge in [0.2, 0.25) is 5.91 Å². The molecule has 1 amide bonds. The van der Waals surface area contributed by atoms with Gasteiger partial charge in [0.1, 0.15) is 5.82 Å². The highest BCUT2D eigenvalue weighted by Gasteiger charge is 2.29. The molecule has 0 unspecified atom stereocenters. The van der Waals surface area contributed by atoms with Crippen LogP contribution in [0.2, 0.25) is 0 Å². The summed E-state index contributed by atoms with van der Waals surface area (Å²) in [4.78, 5) is 14.2.